The van der Waals surface area contributed by atoms with E-state index in [2.05, 4.69) is 15.3 Å². The second kappa shape index (κ2) is 8.40. The average Bonchev–Trinajstić information content (AvgIpc) is 2.66. The van der Waals surface area contributed by atoms with Gasteiger partial charge in [0.25, 0.3) is 0 Å². The predicted molar refractivity (Wildman–Crippen MR) is 107 cm³/mol. The smallest absolute Gasteiger partial charge is 0.387 e. The Bertz CT molecular complexity index is 767. The SMILES string of the molecule is COc1cc(/C=N\NC(=O)CC23CC4CC(CC(C4)C2)C3)cc(OC)c1OC(F)F. The van der Waals surface area contributed by atoms with Crippen LogP contribution >= 0.6 is 0 Å². The molecule has 8 heteroatoms. The van der Waals surface area contributed by atoms with Crippen LogP contribution in [0.1, 0.15) is 50.5 Å². The number of nitrogens with zero attached hydrogens (tertiary/aromatic N) is 1. The van der Waals surface area contributed by atoms with Crippen LogP contribution < -0.4 is 19.6 Å². The quantitative estimate of drug-likeness (QED) is 0.499. The normalized spacial score (nSPS) is 29.4. The Kier molecular flexibility index (Phi) is 5.84. The van der Waals surface area contributed by atoms with Gasteiger partial charge in [-0.05, 0) is 73.8 Å². The molecule has 1 N–H and O–H groups in total. The van der Waals surface area contributed by atoms with Gasteiger partial charge in [-0.3, -0.25) is 4.79 Å². The molecule has 164 valence electrons. The number of nitrogens with one attached hydrogen (secondary N) is 1. The second-order valence-electron chi connectivity index (χ2n) is 9.02. The van der Waals surface area contributed by atoms with Crippen LogP contribution in [0.15, 0.2) is 17.2 Å². The van der Waals surface area contributed by atoms with Gasteiger partial charge in [0.1, 0.15) is 0 Å². The molecule has 4 saturated carbocycles. The lowest BCUT2D eigenvalue weighted by atomic mass is 9.49. The van der Waals surface area contributed by atoms with Crippen molar-refractivity contribution in [3.8, 4) is 17.2 Å². The van der Waals surface area contributed by atoms with Gasteiger partial charge in [-0.25, -0.2) is 5.43 Å². The molecule has 0 heterocycles. The van der Waals surface area contributed by atoms with Crippen LogP contribution in [0.3, 0.4) is 0 Å². The first kappa shape index (κ1) is 20.9. The summed E-state index contributed by atoms with van der Waals surface area (Å²) in [5, 5.41) is 4.06. The van der Waals surface area contributed by atoms with Crippen molar-refractivity contribution in [2.75, 3.05) is 14.2 Å². The van der Waals surface area contributed by atoms with E-state index in [0.29, 0.717) is 12.0 Å². The van der Waals surface area contributed by atoms with E-state index in [1.807, 2.05) is 0 Å². The summed E-state index contributed by atoms with van der Waals surface area (Å²) in [6.07, 6.45) is 9.47. The number of rotatable bonds is 8. The van der Waals surface area contributed by atoms with Gasteiger partial charge in [0.15, 0.2) is 11.5 Å². The lowest BCUT2D eigenvalue weighted by Crippen LogP contribution is -2.47. The van der Waals surface area contributed by atoms with Crippen LogP contribution in [0.2, 0.25) is 0 Å². The molecule has 4 bridgehead atoms. The van der Waals surface area contributed by atoms with Gasteiger partial charge in [0, 0.05) is 12.0 Å². The monoisotopic (exact) mass is 422 g/mol. The maximum atomic E-state index is 12.6. The summed E-state index contributed by atoms with van der Waals surface area (Å²) >= 11 is 0. The lowest BCUT2D eigenvalue weighted by Gasteiger charge is -2.56. The molecular weight excluding hydrogens is 394 g/mol. The minimum absolute atomic E-state index is 0.0789. The molecule has 1 aromatic rings. The fourth-order valence-corrected chi connectivity index (χ4v) is 6.25. The molecule has 0 spiro atoms. The highest BCUT2D eigenvalue weighted by Crippen LogP contribution is 2.61. The Balaban J connectivity index is 1.40. The van der Waals surface area contributed by atoms with E-state index in [-0.39, 0.29) is 28.6 Å². The molecule has 0 saturated heterocycles. The molecule has 0 aliphatic heterocycles. The molecule has 1 amide bonds. The predicted octanol–water partition coefficient (Wildman–Crippen LogP) is 4.36. The molecule has 0 radical (unpaired) electrons. The summed E-state index contributed by atoms with van der Waals surface area (Å²) < 4.78 is 40.0. The van der Waals surface area contributed by atoms with Crippen molar-refractivity contribution in [2.24, 2.45) is 28.3 Å². The lowest BCUT2D eigenvalue weighted by molar-refractivity contribution is -0.129. The maximum absolute atomic E-state index is 12.6. The third-order valence-corrected chi connectivity index (χ3v) is 6.79. The van der Waals surface area contributed by atoms with Gasteiger partial charge in [-0.15, -0.1) is 0 Å². The van der Waals surface area contributed by atoms with Crippen molar-refractivity contribution in [2.45, 2.75) is 51.6 Å². The average molecular weight is 422 g/mol. The minimum Gasteiger partial charge on any atom is -0.493 e. The summed E-state index contributed by atoms with van der Waals surface area (Å²) in [7, 11) is 2.70. The molecule has 0 aromatic heterocycles. The zero-order valence-electron chi connectivity index (χ0n) is 17.3. The van der Waals surface area contributed by atoms with Crippen LogP contribution in [0.5, 0.6) is 17.2 Å². The highest BCUT2D eigenvalue weighted by molar-refractivity contribution is 5.84. The number of alkyl halides is 2. The van der Waals surface area contributed by atoms with E-state index >= 15 is 0 Å². The Morgan fingerprint density at radius 2 is 1.67 bits per heavy atom. The number of hydrazone groups is 1. The molecule has 6 nitrogen and oxygen atoms in total. The summed E-state index contributed by atoms with van der Waals surface area (Å²) in [5.74, 6) is 2.30. The number of ether oxygens (including phenoxy) is 3. The second-order valence-corrected chi connectivity index (χ2v) is 9.02. The van der Waals surface area contributed by atoms with E-state index < -0.39 is 6.61 Å². The number of carbonyl (C=O) groups excluding carboxylic acids is 1. The van der Waals surface area contributed by atoms with Gasteiger partial charge in [-0.2, -0.15) is 13.9 Å². The highest BCUT2D eigenvalue weighted by atomic mass is 19.3. The Hall–Kier alpha value is -2.38. The van der Waals surface area contributed by atoms with Crippen molar-refractivity contribution in [3.05, 3.63) is 17.7 Å². The number of benzene rings is 1. The molecule has 4 fully saturated rings. The number of amides is 1. The molecule has 0 atom stereocenters. The first-order valence-electron chi connectivity index (χ1n) is 10.4. The molecule has 1 aromatic carbocycles. The molecule has 30 heavy (non-hydrogen) atoms. The number of halogens is 2. The molecule has 4 aliphatic carbocycles. The summed E-state index contributed by atoms with van der Waals surface area (Å²) in [6.45, 7) is -3.00. The van der Waals surface area contributed by atoms with Crippen LogP contribution in [0.25, 0.3) is 0 Å². The van der Waals surface area contributed by atoms with Crippen LogP contribution in [-0.2, 0) is 4.79 Å². The third kappa shape index (κ3) is 4.37. The number of hydrogen-bond donors (Lipinski definition) is 1. The van der Waals surface area contributed by atoms with Gasteiger partial charge in [-0.1, -0.05) is 0 Å². The zero-order valence-corrected chi connectivity index (χ0v) is 17.3. The van der Waals surface area contributed by atoms with Crippen molar-refractivity contribution in [3.63, 3.8) is 0 Å². The van der Waals surface area contributed by atoms with Gasteiger partial charge < -0.3 is 14.2 Å². The van der Waals surface area contributed by atoms with Crippen LogP contribution in [0, 0.1) is 23.2 Å². The van der Waals surface area contributed by atoms with E-state index in [0.717, 1.165) is 37.0 Å². The standard InChI is InChI=1S/C22H28F2N2O4/c1-28-17-6-16(7-18(29-2)20(17)30-21(23)24)12-25-26-19(27)11-22-8-13-3-14(9-22)5-15(4-13)10-22/h6-7,12-15,21H,3-5,8-11H2,1-2H3,(H,26,27)/b25-12-. The van der Waals surface area contributed by atoms with Gasteiger partial charge in [0.05, 0.1) is 20.4 Å². The van der Waals surface area contributed by atoms with E-state index in [1.165, 1.54) is 51.8 Å². The summed E-state index contributed by atoms with van der Waals surface area (Å²) in [5.41, 5.74) is 3.30. The maximum Gasteiger partial charge on any atom is 0.387 e. The molecule has 5 rings (SSSR count). The number of methoxy groups -OCH3 is 2. The topological polar surface area (TPSA) is 69.2 Å². The summed E-state index contributed by atoms with van der Waals surface area (Å²) in [6, 6.07) is 2.99. The van der Waals surface area contributed by atoms with E-state index in [4.69, 9.17) is 9.47 Å². The van der Waals surface area contributed by atoms with Gasteiger partial charge >= 0.3 is 6.61 Å². The number of hydrogen-bond acceptors (Lipinski definition) is 5. The largest absolute Gasteiger partial charge is 0.493 e. The van der Waals surface area contributed by atoms with E-state index in [9.17, 15) is 13.6 Å². The fraction of sp³-hybridized carbons (Fsp3) is 0.636. The van der Waals surface area contributed by atoms with Crippen LogP contribution in [0.4, 0.5) is 8.78 Å². The third-order valence-electron chi connectivity index (χ3n) is 6.79. The first-order valence-corrected chi connectivity index (χ1v) is 10.4. The Morgan fingerprint density at radius 3 is 2.13 bits per heavy atom. The van der Waals surface area contributed by atoms with Crippen molar-refractivity contribution >= 4 is 12.1 Å². The van der Waals surface area contributed by atoms with E-state index in [1.54, 1.807) is 0 Å². The van der Waals surface area contributed by atoms with Crippen molar-refractivity contribution in [1.82, 2.24) is 5.43 Å². The fourth-order valence-electron chi connectivity index (χ4n) is 6.25. The van der Waals surface area contributed by atoms with Crippen LogP contribution in [-0.4, -0.2) is 33.0 Å². The number of carbonyl (C=O) groups is 1. The Morgan fingerprint density at radius 1 is 1.13 bits per heavy atom. The Labute approximate surface area is 175 Å². The molecular formula is C22H28F2N2O4. The van der Waals surface area contributed by atoms with Crippen molar-refractivity contribution in [1.29, 1.82) is 0 Å². The molecule has 4 aliphatic rings. The van der Waals surface area contributed by atoms with Gasteiger partial charge in [0.2, 0.25) is 11.7 Å². The molecule has 0 unspecified atom stereocenters. The van der Waals surface area contributed by atoms with Crippen molar-refractivity contribution < 1.29 is 27.8 Å². The first-order chi connectivity index (χ1) is 14.4. The summed E-state index contributed by atoms with van der Waals surface area (Å²) in [4.78, 5) is 12.6. The zero-order chi connectivity index (χ0) is 21.3. The highest BCUT2D eigenvalue weighted by Gasteiger charge is 2.51. The minimum atomic E-state index is -3.00.